The number of benzene rings is 1. The van der Waals surface area contributed by atoms with Crippen molar-refractivity contribution in [2.24, 2.45) is 23.7 Å². The van der Waals surface area contributed by atoms with Crippen molar-refractivity contribution < 1.29 is 31.8 Å². The van der Waals surface area contributed by atoms with E-state index in [1.54, 1.807) is 6.92 Å². The molecule has 3 rings (SSSR count). The molecule has 1 aromatic rings. The minimum absolute atomic E-state index is 0.114. The van der Waals surface area contributed by atoms with E-state index < -0.39 is 35.9 Å². The van der Waals surface area contributed by atoms with Gasteiger partial charge >= 0.3 is 5.97 Å². The highest BCUT2D eigenvalue weighted by atomic mass is 19.2. The van der Waals surface area contributed by atoms with E-state index in [1.807, 2.05) is 0 Å². The summed E-state index contributed by atoms with van der Waals surface area (Å²) in [6.45, 7) is 0.829. The molecule has 0 bridgehead atoms. The number of ether oxygens (including phenoxy) is 2. The van der Waals surface area contributed by atoms with Gasteiger partial charge in [-0.25, -0.2) is 8.78 Å². The molecule has 0 heterocycles. The topological polar surface area (TPSA) is 35.5 Å². The van der Waals surface area contributed by atoms with E-state index in [1.165, 1.54) is 18.2 Å². The highest BCUT2D eigenvalue weighted by Crippen LogP contribution is 2.42. The van der Waals surface area contributed by atoms with Crippen LogP contribution in [-0.2, 0) is 4.79 Å². The summed E-state index contributed by atoms with van der Waals surface area (Å²) in [5, 5.41) is 0. The summed E-state index contributed by atoms with van der Waals surface area (Å²) in [6.07, 6.45) is 8.18. The first-order valence-electron chi connectivity index (χ1n) is 11.2. The van der Waals surface area contributed by atoms with Crippen LogP contribution in [0.4, 0.5) is 17.6 Å². The second kappa shape index (κ2) is 11.0. The number of halogens is 4. The predicted octanol–water partition coefficient (Wildman–Crippen LogP) is 6.70. The molecule has 2 fully saturated rings. The number of rotatable bonds is 7. The number of carbonyl (C=O) groups is 1. The Hall–Kier alpha value is -2.05. The molecule has 2 aliphatic rings. The van der Waals surface area contributed by atoms with Crippen LogP contribution in [-0.4, -0.2) is 19.3 Å². The maximum atomic E-state index is 14.2. The van der Waals surface area contributed by atoms with Crippen molar-refractivity contribution >= 4 is 5.97 Å². The molecule has 2 aliphatic carbocycles. The van der Waals surface area contributed by atoms with Crippen LogP contribution in [0.2, 0.25) is 0 Å². The molecule has 0 aromatic heterocycles. The number of allylic oxidation sites excluding steroid dienone is 2. The SMILES string of the molecule is CCOc1ccc(OC(=O)C2CCC(C3CCC(C=C(F)CF)CC3)CC2)c(F)c1F. The third kappa shape index (κ3) is 6.01. The molecule has 0 atom stereocenters. The van der Waals surface area contributed by atoms with Crippen LogP contribution < -0.4 is 9.47 Å². The summed E-state index contributed by atoms with van der Waals surface area (Å²) < 4.78 is 63.8. The van der Waals surface area contributed by atoms with Gasteiger partial charge in [-0.15, -0.1) is 0 Å². The number of carbonyl (C=O) groups excluding carboxylic acids is 1. The van der Waals surface area contributed by atoms with Gasteiger partial charge in [0.1, 0.15) is 12.5 Å². The molecule has 172 valence electrons. The molecular weight excluding hydrogens is 412 g/mol. The Morgan fingerprint density at radius 1 is 0.968 bits per heavy atom. The largest absolute Gasteiger partial charge is 0.491 e. The maximum Gasteiger partial charge on any atom is 0.314 e. The highest BCUT2D eigenvalue weighted by molar-refractivity contribution is 5.75. The van der Waals surface area contributed by atoms with Crippen LogP contribution in [0.3, 0.4) is 0 Å². The fourth-order valence-corrected chi connectivity index (χ4v) is 4.96. The lowest BCUT2D eigenvalue weighted by atomic mass is 9.69. The Morgan fingerprint density at radius 3 is 2.10 bits per heavy atom. The molecule has 0 N–H and O–H groups in total. The predicted molar refractivity (Wildman–Crippen MR) is 109 cm³/mol. The minimum Gasteiger partial charge on any atom is -0.491 e. The molecule has 3 nitrogen and oxygen atoms in total. The van der Waals surface area contributed by atoms with Crippen LogP contribution in [0.25, 0.3) is 0 Å². The van der Waals surface area contributed by atoms with Crippen LogP contribution >= 0.6 is 0 Å². The molecule has 31 heavy (non-hydrogen) atoms. The Kier molecular flexibility index (Phi) is 8.38. The van der Waals surface area contributed by atoms with E-state index in [0.717, 1.165) is 38.5 Å². The van der Waals surface area contributed by atoms with Crippen molar-refractivity contribution in [2.45, 2.75) is 58.3 Å². The molecule has 0 unspecified atom stereocenters. The Balaban J connectivity index is 1.48. The van der Waals surface area contributed by atoms with Gasteiger partial charge in [0.05, 0.1) is 12.5 Å². The van der Waals surface area contributed by atoms with Gasteiger partial charge in [0, 0.05) is 0 Å². The van der Waals surface area contributed by atoms with E-state index >= 15 is 0 Å². The van der Waals surface area contributed by atoms with Crippen molar-refractivity contribution in [3.8, 4) is 11.5 Å². The Bertz CT molecular complexity index is 779. The van der Waals surface area contributed by atoms with Crippen molar-refractivity contribution in [1.29, 1.82) is 0 Å². The first kappa shape index (κ1) is 23.6. The molecule has 0 radical (unpaired) electrons. The van der Waals surface area contributed by atoms with Gasteiger partial charge in [-0.1, -0.05) is 0 Å². The zero-order valence-electron chi connectivity index (χ0n) is 17.8. The second-order valence-corrected chi connectivity index (χ2v) is 8.58. The number of esters is 1. The van der Waals surface area contributed by atoms with E-state index in [2.05, 4.69) is 0 Å². The monoisotopic (exact) mass is 442 g/mol. The van der Waals surface area contributed by atoms with Crippen LogP contribution in [0.15, 0.2) is 24.0 Å². The fourth-order valence-electron chi connectivity index (χ4n) is 4.96. The van der Waals surface area contributed by atoms with E-state index in [0.29, 0.717) is 24.7 Å². The van der Waals surface area contributed by atoms with E-state index in [4.69, 9.17) is 9.47 Å². The molecule has 0 aliphatic heterocycles. The van der Waals surface area contributed by atoms with Gasteiger partial charge in [0.2, 0.25) is 11.6 Å². The standard InChI is InChI=1S/C24H30F4O3/c1-2-30-20-11-12-21(23(28)22(20)27)31-24(29)18-9-7-17(8-10-18)16-5-3-15(4-6-16)13-19(26)14-25/h11-13,15-18H,2-10,14H2,1H3. The zero-order valence-corrected chi connectivity index (χ0v) is 17.8. The molecule has 1 aromatic carbocycles. The van der Waals surface area contributed by atoms with Crippen LogP contribution in [0.5, 0.6) is 11.5 Å². The summed E-state index contributed by atoms with van der Waals surface area (Å²) in [6, 6.07) is 2.47. The van der Waals surface area contributed by atoms with Gasteiger partial charge in [0.15, 0.2) is 11.5 Å². The summed E-state index contributed by atoms with van der Waals surface area (Å²) in [5.74, 6) is -3.39. The van der Waals surface area contributed by atoms with Gasteiger partial charge < -0.3 is 9.47 Å². The summed E-state index contributed by atoms with van der Waals surface area (Å²) in [7, 11) is 0. The summed E-state index contributed by atoms with van der Waals surface area (Å²) in [5.41, 5.74) is 0. The fraction of sp³-hybridized carbons (Fsp3) is 0.625. The third-order valence-corrected chi connectivity index (χ3v) is 6.65. The normalized spacial score (nSPS) is 27.1. The van der Waals surface area contributed by atoms with Crippen molar-refractivity contribution in [3.05, 3.63) is 35.7 Å². The van der Waals surface area contributed by atoms with Gasteiger partial charge in [0.25, 0.3) is 0 Å². The first-order chi connectivity index (χ1) is 14.9. The van der Waals surface area contributed by atoms with Crippen molar-refractivity contribution in [3.63, 3.8) is 0 Å². The quantitative estimate of drug-likeness (QED) is 0.268. The lowest BCUT2D eigenvalue weighted by Gasteiger charge is -2.36. The lowest BCUT2D eigenvalue weighted by Crippen LogP contribution is -2.30. The van der Waals surface area contributed by atoms with Gasteiger partial charge in [-0.2, -0.15) is 8.78 Å². The zero-order chi connectivity index (χ0) is 22.4. The summed E-state index contributed by atoms with van der Waals surface area (Å²) >= 11 is 0. The van der Waals surface area contributed by atoms with Crippen LogP contribution in [0.1, 0.15) is 58.3 Å². The second-order valence-electron chi connectivity index (χ2n) is 8.58. The summed E-state index contributed by atoms with van der Waals surface area (Å²) in [4.78, 5) is 12.5. The molecule has 0 saturated heterocycles. The van der Waals surface area contributed by atoms with E-state index in [-0.39, 0.29) is 24.2 Å². The molecule has 0 spiro atoms. The first-order valence-corrected chi connectivity index (χ1v) is 11.2. The highest BCUT2D eigenvalue weighted by Gasteiger charge is 2.34. The van der Waals surface area contributed by atoms with Crippen molar-refractivity contribution in [1.82, 2.24) is 0 Å². The molecular formula is C24H30F4O3. The third-order valence-electron chi connectivity index (χ3n) is 6.65. The maximum absolute atomic E-state index is 14.2. The number of hydrogen-bond donors (Lipinski definition) is 0. The average molecular weight is 442 g/mol. The number of alkyl halides is 1. The lowest BCUT2D eigenvalue weighted by molar-refractivity contribution is -0.140. The Labute approximate surface area is 180 Å². The van der Waals surface area contributed by atoms with Gasteiger partial charge in [-0.05, 0) is 94.3 Å². The molecule has 7 heteroatoms. The average Bonchev–Trinajstić information content (AvgIpc) is 2.79. The van der Waals surface area contributed by atoms with Gasteiger partial charge in [-0.3, -0.25) is 4.79 Å². The van der Waals surface area contributed by atoms with E-state index in [9.17, 15) is 22.4 Å². The number of hydrogen-bond acceptors (Lipinski definition) is 3. The Morgan fingerprint density at radius 2 is 1.52 bits per heavy atom. The smallest absolute Gasteiger partial charge is 0.314 e. The molecule has 0 amide bonds. The van der Waals surface area contributed by atoms with Crippen molar-refractivity contribution in [2.75, 3.05) is 13.3 Å². The van der Waals surface area contributed by atoms with Crippen LogP contribution in [0, 0.1) is 35.3 Å². The molecule has 2 saturated carbocycles. The minimum atomic E-state index is -1.22.